The lowest BCUT2D eigenvalue weighted by Crippen LogP contribution is -2.08. The lowest BCUT2D eigenvalue weighted by molar-refractivity contribution is 0.102. The van der Waals surface area contributed by atoms with E-state index in [-0.39, 0.29) is 24.4 Å². The largest absolute Gasteiger partial charge is 0.376 e. The van der Waals surface area contributed by atoms with Gasteiger partial charge in [-0.05, 0) is 44.8 Å². The van der Waals surface area contributed by atoms with E-state index in [0.29, 0.717) is 13.2 Å². The van der Waals surface area contributed by atoms with Crippen LogP contribution in [0.2, 0.25) is 0 Å². The van der Waals surface area contributed by atoms with Crippen LogP contribution in [0.1, 0.15) is 23.3 Å². The van der Waals surface area contributed by atoms with Gasteiger partial charge in [-0.25, -0.2) is 0 Å². The number of hydrogen-bond acceptors (Lipinski definition) is 3. The maximum Gasteiger partial charge on any atom is 0.112 e. The summed E-state index contributed by atoms with van der Waals surface area (Å²) in [5.74, 6) is 0. The summed E-state index contributed by atoms with van der Waals surface area (Å²) in [6, 6.07) is 29.9. The normalized spacial score (nSPS) is 25.4. The van der Waals surface area contributed by atoms with Crippen LogP contribution in [-0.4, -0.2) is 25.4 Å². The van der Waals surface area contributed by atoms with Crippen molar-refractivity contribution >= 4 is 21.5 Å². The number of rotatable bonds is 6. The van der Waals surface area contributed by atoms with Crippen LogP contribution in [0.25, 0.3) is 21.5 Å². The van der Waals surface area contributed by atoms with Crippen molar-refractivity contribution in [1.29, 1.82) is 0 Å². The summed E-state index contributed by atoms with van der Waals surface area (Å²) in [6.07, 6.45) is 0.593. The summed E-state index contributed by atoms with van der Waals surface area (Å²) in [4.78, 5) is 0. The van der Waals surface area contributed by atoms with Crippen LogP contribution in [0.3, 0.4) is 0 Å². The summed E-state index contributed by atoms with van der Waals surface area (Å²) < 4.78 is 17.6. The van der Waals surface area contributed by atoms with Crippen molar-refractivity contribution in [3.63, 3.8) is 0 Å². The Morgan fingerprint density at radius 1 is 0.552 bits per heavy atom. The number of epoxide rings is 2. The molecule has 6 rings (SSSR count). The highest BCUT2D eigenvalue weighted by molar-refractivity contribution is 5.83. The van der Waals surface area contributed by atoms with E-state index >= 15 is 0 Å². The standard InChI is InChI=1S/C26H22O3/c1-3-7-19-13-21(11-9-17(19)5-1)25-23(28-25)15-27-16-24-26(29-24)22-12-10-18-6-2-4-8-20(18)14-22/h1-14,23-26H,15-16H2. The van der Waals surface area contributed by atoms with Crippen molar-refractivity contribution in [3.8, 4) is 0 Å². The van der Waals surface area contributed by atoms with Crippen molar-refractivity contribution in [2.24, 2.45) is 0 Å². The van der Waals surface area contributed by atoms with Crippen molar-refractivity contribution in [3.05, 3.63) is 96.1 Å². The Labute approximate surface area is 169 Å². The molecule has 0 spiro atoms. The van der Waals surface area contributed by atoms with Crippen LogP contribution in [0, 0.1) is 0 Å². The van der Waals surface area contributed by atoms with E-state index in [1.165, 1.54) is 32.7 Å². The molecule has 2 fully saturated rings. The van der Waals surface area contributed by atoms with E-state index in [2.05, 4.69) is 84.9 Å². The molecule has 4 atom stereocenters. The zero-order valence-electron chi connectivity index (χ0n) is 16.0. The average Bonchev–Trinajstić information content (AvgIpc) is 3.69. The minimum Gasteiger partial charge on any atom is -0.376 e. The predicted octanol–water partition coefficient (Wildman–Crippen LogP) is 5.59. The van der Waals surface area contributed by atoms with Gasteiger partial charge in [-0.3, -0.25) is 0 Å². The zero-order valence-corrected chi connectivity index (χ0v) is 16.0. The summed E-state index contributed by atoms with van der Waals surface area (Å²) in [6.45, 7) is 1.23. The molecular formula is C26H22O3. The quantitative estimate of drug-likeness (QED) is 0.408. The van der Waals surface area contributed by atoms with E-state index < -0.39 is 0 Å². The second kappa shape index (κ2) is 6.96. The Kier molecular flexibility index (Phi) is 4.12. The van der Waals surface area contributed by atoms with Gasteiger partial charge >= 0.3 is 0 Å². The van der Waals surface area contributed by atoms with Crippen LogP contribution in [0.5, 0.6) is 0 Å². The molecule has 3 nitrogen and oxygen atoms in total. The highest BCUT2D eigenvalue weighted by Gasteiger charge is 2.43. The maximum absolute atomic E-state index is 5.91. The third kappa shape index (κ3) is 3.42. The highest BCUT2D eigenvalue weighted by atomic mass is 16.6. The first-order valence-electron chi connectivity index (χ1n) is 10.2. The Morgan fingerprint density at radius 2 is 1.00 bits per heavy atom. The Balaban J connectivity index is 1.02. The van der Waals surface area contributed by atoms with Gasteiger partial charge in [0, 0.05) is 0 Å². The molecule has 144 valence electrons. The summed E-state index contributed by atoms with van der Waals surface area (Å²) in [7, 11) is 0. The molecule has 4 unspecified atom stereocenters. The number of benzene rings is 4. The minimum atomic E-state index is 0.147. The fourth-order valence-electron chi connectivity index (χ4n) is 4.20. The number of hydrogen-bond donors (Lipinski definition) is 0. The monoisotopic (exact) mass is 382 g/mol. The first-order valence-corrected chi connectivity index (χ1v) is 10.2. The first-order chi connectivity index (χ1) is 14.3. The number of ether oxygens (including phenoxy) is 3. The molecule has 2 aliphatic rings. The van der Waals surface area contributed by atoms with Crippen LogP contribution >= 0.6 is 0 Å². The molecule has 0 N–H and O–H groups in total. The summed E-state index contributed by atoms with van der Waals surface area (Å²) >= 11 is 0. The molecule has 3 heteroatoms. The van der Waals surface area contributed by atoms with Gasteiger partial charge in [0.25, 0.3) is 0 Å². The van der Waals surface area contributed by atoms with Gasteiger partial charge in [0.15, 0.2) is 0 Å². The van der Waals surface area contributed by atoms with E-state index in [9.17, 15) is 0 Å². The maximum atomic E-state index is 5.91. The lowest BCUT2D eigenvalue weighted by Gasteiger charge is -2.02. The van der Waals surface area contributed by atoms with Gasteiger partial charge in [0.1, 0.15) is 24.4 Å². The van der Waals surface area contributed by atoms with Crippen molar-refractivity contribution in [2.75, 3.05) is 13.2 Å². The minimum absolute atomic E-state index is 0.147. The third-order valence-electron chi connectivity index (χ3n) is 5.93. The first kappa shape index (κ1) is 17.2. The molecule has 0 bridgehead atoms. The molecule has 4 aromatic rings. The molecule has 0 amide bonds. The Hall–Kier alpha value is -2.72. The van der Waals surface area contributed by atoms with Crippen molar-refractivity contribution in [2.45, 2.75) is 24.4 Å². The van der Waals surface area contributed by atoms with E-state index in [1.54, 1.807) is 0 Å². The Morgan fingerprint density at radius 3 is 1.48 bits per heavy atom. The lowest BCUT2D eigenvalue weighted by atomic mass is 10.0. The molecule has 4 aromatic carbocycles. The van der Waals surface area contributed by atoms with Gasteiger partial charge in [0.05, 0.1) is 13.2 Å². The second-order valence-electron chi connectivity index (χ2n) is 7.94. The molecule has 0 radical (unpaired) electrons. The van der Waals surface area contributed by atoms with Crippen LogP contribution in [0.15, 0.2) is 84.9 Å². The van der Waals surface area contributed by atoms with Gasteiger partial charge in [0.2, 0.25) is 0 Å². The zero-order chi connectivity index (χ0) is 19.2. The van der Waals surface area contributed by atoms with Crippen LogP contribution in [-0.2, 0) is 14.2 Å². The smallest absolute Gasteiger partial charge is 0.112 e. The van der Waals surface area contributed by atoms with Gasteiger partial charge in [-0.2, -0.15) is 0 Å². The van der Waals surface area contributed by atoms with Crippen LogP contribution < -0.4 is 0 Å². The molecule has 2 aliphatic heterocycles. The van der Waals surface area contributed by atoms with E-state index in [1.807, 2.05) is 0 Å². The number of fused-ring (bicyclic) bond motifs is 2. The van der Waals surface area contributed by atoms with E-state index in [4.69, 9.17) is 14.2 Å². The molecule has 2 heterocycles. The third-order valence-corrected chi connectivity index (χ3v) is 5.93. The van der Waals surface area contributed by atoms with E-state index in [0.717, 1.165) is 0 Å². The Bertz CT molecular complexity index is 1090. The van der Waals surface area contributed by atoms with Gasteiger partial charge in [-0.1, -0.05) is 72.8 Å². The predicted molar refractivity (Wildman–Crippen MR) is 114 cm³/mol. The molecule has 0 aromatic heterocycles. The highest BCUT2D eigenvalue weighted by Crippen LogP contribution is 2.42. The van der Waals surface area contributed by atoms with Crippen molar-refractivity contribution < 1.29 is 14.2 Å². The molecule has 0 saturated carbocycles. The van der Waals surface area contributed by atoms with Gasteiger partial charge in [-0.15, -0.1) is 0 Å². The fraction of sp³-hybridized carbons (Fsp3) is 0.231. The fourth-order valence-corrected chi connectivity index (χ4v) is 4.20. The van der Waals surface area contributed by atoms with Crippen LogP contribution in [0.4, 0.5) is 0 Å². The topological polar surface area (TPSA) is 34.3 Å². The molecule has 29 heavy (non-hydrogen) atoms. The average molecular weight is 382 g/mol. The molecular weight excluding hydrogens is 360 g/mol. The summed E-state index contributed by atoms with van der Waals surface area (Å²) in [5.41, 5.74) is 2.46. The van der Waals surface area contributed by atoms with Gasteiger partial charge < -0.3 is 14.2 Å². The second-order valence-corrected chi connectivity index (χ2v) is 7.94. The SMILES string of the molecule is c1ccc2cc(C3OC3COCC3OC3c3ccc4ccccc4c3)ccc2c1. The summed E-state index contributed by atoms with van der Waals surface area (Å²) in [5, 5.41) is 5.03. The molecule has 2 saturated heterocycles. The van der Waals surface area contributed by atoms with Crippen molar-refractivity contribution in [1.82, 2.24) is 0 Å². The molecule has 0 aliphatic carbocycles.